The molecule has 152 valence electrons. The zero-order chi connectivity index (χ0) is 21.5. The average molecular weight is 464 g/mol. The highest BCUT2D eigenvalue weighted by atomic mass is 79.9. The van der Waals surface area contributed by atoms with Crippen molar-refractivity contribution in [3.05, 3.63) is 99.0 Å². The molecule has 3 aromatic carbocycles. The summed E-state index contributed by atoms with van der Waals surface area (Å²) < 4.78 is 0.723. The number of aryl methyl sites for hydroxylation is 2. The van der Waals surface area contributed by atoms with Crippen LogP contribution in [0, 0.1) is 6.92 Å². The first-order valence-electron chi connectivity index (χ1n) is 9.56. The van der Waals surface area contributed by atoms with Crippen LogP contribution in [-0.4, -0.2) is 18.0 Å². The highest BCUT2D eigenvalue weighted by Crippen LogP contribution is 2.22. The number of hydrazone groups is 1. The van der Waals surface area contributed by atoms with Gasteiger partial charge in [-0.2, -0.15) is 5.10 Å². The lowest BCUT2D eigenvalue weighted by molar-refractivity contribution is 0.0956. The Bertz CT molecular complexity index is 1070. The zero-order valence-corrected chi connectivity index (χ0v) is 18.4. The Balaban J connectivity index is 1.74. The van der Waals surface area contributed by atoms with Gasteiger partial charge in [-0.15, -0.1) is 0 Å². The molecule has 2 amide bonds. The van der Waals surface area contributed by atoms with E-state index >= 15 is 0 Å². The summed E-state index contributed by atoms with van der Waals surface area (Å²) in [5, 5.41) is 6.84. The molecule has 0 fully saturated rings. The van der Waals surface area contributed by atoms with Gasteiger partial charge in [-0.1, -0.05) is 64.8 Å². The minimum atomic E-state index is -0.420. The molecule has 0 bridgehead atoms. The molecule has 0 unspecified atom stereocenters. The van der Waals surface area contributed by atoms with Gasteiger partial charge < -0.3 is 5.32 Å². The maximum atomic E-state index is 12.7. The Morgan fingerprint density at radius 1 is 0.967 bits per heavy atom. The lowest BCUT2D eigenvalue weighted by Gasteiger charge is -2.11. The first-order valence-corrected chi connectivity index (χ1v) is 10.4. The molecule has 0 aliphatic carbocycles. The lowest BCUT2D eigenvalue weighted by Crippen LogP contribution is -2.21. The number of nitrogens with one attached hydrogen (secondary N) is 2. The number of benzene rings is 3. The molecular formula is C24H22BrN3O2. The lowest BCUT2D eigenvalue weighted by atomic mass is 10.1. The topological polar surface area (TPSA) is 70.6 Å². The van der Waals surface area contributed by atoms with Crippen molar-refractivity contribution in [1.29, 1.82) is 0 Å². The van der Waals surface area contributed by atoms with Gasteiger partial charge in [0.05, 0.1) is 17.5 Å². The molecule has 3 aromatic rings. The Hall–Kier alpha value is -3.25. The molecule has 0 saturated heterocycles. The van der Waals surface area contributed by atoms with Gasteiger partial charge in [-0.25, -0.2) is 5.43 Å². The highest BCUT2D eigenvalue weighted by molar-refractivity contribution is 9.10. The fraction of sp³-hybridized carbons (Fsp3) is 0.125. The van der Waals surface area contributed by atoms with Crippen molar-refractivity contribution in [3.8, 4) is 0 Å². The second kappa shape index (κ2) is 9.98. The number of rotatable bonds is 6. The molecule has 0 saturated carbocycles. The van der Waals surface area contributed by atoms with Crippen LogP contribution in [0.15, 0.2) is 76.3 Å². The van der Waals surface area contributed by atoms with E-state index in [0.29, 0.717) is 16.8 Å². The van der Waals surface area contributed by atoms with Crippen LogP contribution in [0.5, 0.6) is 0 Å². The summed E-state index contributed by atoms with van der Waals surface area (Å²) in [6, 6.07) is 20.3. The largest absolute Gasteiger partial charge is 0.321 e. The normalized spacial score (nSPS) is 10.8. The summed E-state index contributed by atoms with van der Waals surface area (Å²) >= 11 is 3.37. The first-order chi connectivity index (χ1) is 14.5. The van der Waals surface area contributed by atoms with E-state index in [1.54, 1.807) is 36.5 Å². The predicted molar refractivity (Wildman–Crippen MR) is 124 cm³/mol. The second-order valence-electron chi connectivity index (χ2n) is 6.80. The van der Waals surface area contributed by atoms with E-state index in [1.807, 2.05) is 43.3 Å². The summed E-state index contributed by atoms with van der Waals surface area (Å²) in [6.07, 6.45) is 2.48. The van der Waals surface area contributed by atoms with Crippen LogP contribution in [0.4, 0.5) is 5.69 Å². The zero-order valence-electron chi connectivity index (χ0n) is 16.8. The van der Waals surface area contributed by atoms with E-state index in [2.05, 4.69) is 38.7 Å². The molecule has 5 nitrogen and oxygen atoms in total. The van der Waals surface area contributed by atoms with Crippen molar-refractivity contribution in [2.24, 2.45) is 5.10 Å². The van der Waals surface area contributed by atoms with Crippen molar-refractivity contribution in [2.45, 2.75) is 20.3 Å². The van der Waals surface area contributed by atoms with Gasteiger partial charge in [-0.3, -0.25) is 9.59 Å². The van der Waals surface area contributed by atoms with E-state index in [9.17, 15) is 9.59 Å². The van der Waals surface area contributed by atoms with Gasteiger partial charge in [0.15, 0.2) is 0 Å². The average Bonchev–Trinajstić information content (AvgIpc) is 2.76. The van der Waals surface area contributed by atoms with Gasteiger partial charge in [-0.05, 0) is 54.8 Å². The number of anilines is 1. The fourth-order valence-electron chi connectivity index (χ4n) is 2.78. The summed E-state index contributed by atoms with van der Waals surface area (Å²) in [4.78, 5) is 25.3. The number of hydrogen-bond donors (Lipinski definition) is 2. The first kappa shape index (κ1) is 21.5. The van der Waals surface area contributed by atoms with Crippen molar-refractivity contribution in [1.82, 2.24) is 5.43 Å². The van der Waals surface area contributed by atoms with Crippen LogP contribution in [0.25, 0.3) is 0 Å². The standard InChI is InChI=1S/C24H22BrN3O2/c1-3-17-8-10-19(11-9-17)23(29)27-22-13-12-20(25)14-21(22)24(30)28-26-15-18-6-4-16(2)5-7-18/h4-15H,3H2,1-2H3,(H,27,29)(H,28,30)/b26-15+. The van der Waals surface area contributed by atoms with E-state index < -0.39 is 5.91 Å². The molecule has 0 aromatic heterocycles. The summed E-state index contributed by atoms with van der Waals surface area (Å²) in [5.74, 6) is -0.700. The predicted octanol–water partition coefficient (Wildman–Crippen LogP) is 5.34. The number of carbonyl (C=O) groups is 2. The second-order valence-corrected chi connectivity index (χ2v) is 7.72. The Morgan fingerprint density at radius 3 is 2.33 bits per heavy atom. The van der Waals surface area contributed by atoms with Crippen molar-refractivity contribution >= 4 is 39.6 Å². The monoisotopic (exact) mass is 463 g/mol. The molecule has 0 aliphatic heterocycles. The minimum absolute atomic E-state index is 0.280. The molecular weight excluding hydrogens is 442 g/mol. The number of amides is 2. The third-order valence-corrected chi connectivity index (χ3v) is 5.05. The smallest absolute Gasteiger partial charge is 0.273 e. The molecule has 6 heteroatoms. The van der Waals surface area contributed by atoms with Crippen molar-refractivity contribution in [2.75, 3.05) is 5.32 Å². The summed E-state index contributed by atoms with van der Waals surface area (Å²) in [7, 11) is 0. The molecule has 0 heterocycles. The molecule has 0 radical (unpaired) electrons. The maximum absolute atomic E-state index is 12.7. The van der Waals surface area contributed by atoms with E-state index in [0.717, 1.165) is 27.6 Å². The maximum Gasteiger partial charge on any atom is 0.273 e. The Kier molecular flexibility index (Phi) is 7.14. The summed E-state index contributed by atoms with van der Waals surface area (Å²) in [5.41, 5.74) is 6.94. The van der Waals surface area contributed by atoms with Crippen LogP contribution in [0.3, 0.4) is 0 Å². The molecule has 0 aliphatic rings. The van der Waals surface area contributed by atoms with Gasteiger partial charge in [0.2, 0.25) is 0 Å². The summed E-state index contributed by atoms with van der Waals surface area (Å²) in [6.45, 7) is 4.06. The quantitative estimate of drug-likeness (QED) is 0.382. The number of halogens is 1. The Morgan fingerprint density at radius 2 is 1.67 bits per heavy atom. The van der Waals surface area contributed by atoms with Crippen molar-refractivity contribution < 1.29 is 9.59 Å². The minimum Gasteiger partial charge on any atom is -0.321 e. The van der Waals surface area contributed by atoms with Gasteiger partial charge in [0, 0.05) is 10.0 Å². The van der Waals surface area contributed by atoms with Gasteiger partial charge >= 0.3 is 0 Å². The number of nitrogens with zero attached hydrogens (tertiary/aromatic N) is 1. The number of carbonyl (C=O) groups excluding carboxylic acids is 2. The molecule has 0 spiro atoms. The molecule has 0 atom stereocenters. The third kappa shape index (κ3) is 5.64. The van der Waals surface area contributed by atoms with Crippen LogP contribution in [-0.2, 0) is 6.42 Å². The SMILES string of the molecule is CCc1ccc(C(=O)Nc2ccc(Br)cc2C(=O)N/N=C/c2ccc(C)cc2)cc1. The van der Waals surface area contributed by atoms with E-state index in [1.165, 1.54) is 0 Å². The van der Waals surface area contributed by atoms with E-state index in [4.69, 9.17) is 0 Å². The fourth-order valence-corrected chi connectivity index (χ4v) is 3.14. The number of hydrogen-bond acceptors (Lipinski definition) is 3. The van der Waals surface area contributed by atoms with Crippen molar-refractivity contribution in [3.63, 3.8) is 0 Å². The van der Waals surface area contributed by atoms with Crippen LogP contribution >= 0.6 is 15.9 Å². The third-order valence-electron chi connectivity index (χ3n) is 4.56. The van der Waals surface area contributed by atoms with Crippen LogP contribution < -0.4 is 10.7 Å². The van der Waals surface area contributed by atoms with Crippen LogP contribution in [0.2, 0.25) is 0 Å². The van der Waals surface area contributed by atoms with Crippen LogP contribution in [0.1, 0.15) is 44.3 Å². The Labute approximate surface area is 184 Å². The van der Waals surface area contributed by atoms with Gasteiger partial charge in [0.1, 0.15) is 0 Å². The van der Waals surface area contributed by atoms with Gasteiger partial charge in [0.25, 0.3) is 11.8 Å². The van der Waals surface area contributed by atoms with E-state index in [-0.39, 0.29) is 5.91 Å². The molecule has 2 N–H and O–H groups in total. The molecule has 30 heavy (non-hydrogen) atoms. The highest BCUT2D eigenvalue weighted by Gasteiger charge is 2.15. The molecule has 3 rings (SSSR count).